The van der Waals surface area contributed by atoms with Gasteiger partial charge in [-0.15, -0.1) is 11.3 Å². The SMILES string of the molecule is Cc1nc(/C=C(\F)C(CC(=O)N2C(=O)OC(c3ccccc3)C2C)O[Si](C)(C)C(C)(C)C)cs1. The van der Waals surface area contributed by atoms with Crippen molar-refractivity contribution in [3.8, 4) is 0 Å². The van der Waals surface area contributed by atoms with E-state index in [0.717, 1.165) is 15.5 Å². The summed E-state index contributed by atoms with van der Waals surface area (Å²) in [5.41, 5.74) is 1.28. The minimum atomic E-state index is -2.43. The summed E-state index contributed by atoms with van der Waals surface area (Å²) in [4.78, 5) is 31.3. The molecule has 3 atom stereocenters. The van der Waals surface area contributed by atoms with Gasteiger partial charge in [-0.1, -0.05) is 51.1 Å². The number of thiazole rings is 1. The van der Waals surface area contributed by atoms with E-state index in [9.17, 15) is 9.59 Å². The molecule has 34 heavy (non-hydrogen) atoms. The molecule has 0 N–H and O–H groups in total. The molecular formula is C25H33FN2O4SSi. The topological polar surface area (TPSA) is 68.7 Å². The van der Waals surface area contributed by atoms with Crippen molar-refractivity contribution in [2.45, 2.75) is 77.4 Å². The molecule has 184 valence electrons. The molecule has 6 nitrogen and oxygen atoms in total. The van der Waals surface area contributed by atoms with Crippen LogP contribution >= 0.6 is 11.3 Å². The summed E-state index contributed by atoms with van der Waals surface area (Å²) in [7, 11) is -2.43. The van der Waals surface area contributed by atoms with Crippen LogP contribution in [0.2, 0.25) is 18.1 Å². The number of aromatic nitrogens is 1. The van der Waals surface area contributed by atoms with Crippen molar-refractivity contribution in [1.29, 1.82) is 0 Å². The third kappa shape index (κ3) is 5.82. The summed E-state index contributed by atoms with van der Waals surface area (Å²) >= 11 is 1.42. The monoisotopic (exact) mass is 504 g/mol. The third-order valence-corrected chi connectivity index (χ3v) is 11.8. The number of aryl methyl sites for hydroxylation is 1. The van der Waals surface area contributed by atoms with Gasteiger partial charge in [-0.25, -0.2) is 19.1 Å². The molecule has 0 saturated carbocycles. The van der Waals surface area contributed by atoms with E-state index in [2.05, 4.69) is 4.98 Å². The van der Waals surface area contributed by atoms with Gasteiger partial charge in [0, 0.05) is 5.38 Å². The maximum atomic E-state index is 15.5. The van der Waals surface area contributed by atoms with Crippen LogP contribution in [0.25, 0.3) is 6.08 Å². The Kier molecular flexibility index (Phi) is 7.79. The fraction of sp³-hybridized carbons (Fsp3) is 0.480. The summed E-state index contributed by atoms with van der Waals surface area (Å²) < 4.78 is 27.3. The second-order valence-electron chi connectivity index (χ2n) is 10.1. The van der Waals surface area contributed by atoms with Crippen LogP contribution in [0.1, 0.15) is 56.5 Å². The van der Waals surface area contributed by atoms with Gasteiger partial charge in [0.1, 0.15) is 18.0 Å². The zero-order valence-corrected chi connectivity index (χ0v) is 22.6. The van der Waals surface area contributed by atoms with Crippen LogP contribution < -0.4 is 0 Å². The number of amides is 2. The van der Waals surface area contributed by atoms with E-state index in [4.69, 9.17) is 9.16 Å². The fourth-order valence-corrected chi connectivity index (χ4v) is 5.38. The second kappa shape index (κ2) is 10.1. The van der Waals surface area contributed by atoms with Gasteiger partial charge in [-0.2, -0.15) is 0 Å². The molecule has 1 aliphatic rings. The number of cyclic esters (lactones) is 1. The normalized spacial score (nSPS) is 20.4. The number of hydrogen-bond donors (Lipinski definition) is 0. The lowest BCUT2D eigenvalue weighted by Crippen LogP contribution is -2.46. The summed E-state index contributed by atoms with van der Waals surface area (Å²) in [6.45, 7) is 13.8. The number of imide groups is 1. The Labute approximate surface area is 205 Å². The van der Waals surface area contributed by atoms with Crippen LogP contribution in [0.15, 0.2) is 41.5 Å². The molecule has 0 radical (unpaired) electrons. The van der Waals surface area contributed by atoms with Crippen LogP contribution in [-0.4, -0.2) is 42.3 Å². The van der Waals surface area contributed by atoms with Crippen molar-refractivity contribution in [1.82, 2.24) is 9.88 Å². The molecule has 0 aliphatic carbocycles. The van der Waals surface area contributed by atoms with Gasteiger partial charge in [-0.05, 0) is 43.6 Å². The van der Waals surface area contributed by atoms with E-state index in [0.29, 0.717) is 5.69 Å². The molecule has 3 unspecified atom stereocenters. The summed E-state index contributed by atoms with van der Waals surface area (Å²) in [6, 6.07) is 8.75. The smallest absolute Gasteiger partial charge is 0.417 e. The number of ether oxygens (including phenoxy) is 1. The molecule has 1 aromatic heterocycles. The number of nitrogens with zero attached hydrogens (tertiary/aromatic N) is 2. The number of hydrogen-bond acceptors (Lipinski definition) is 6. The average Bonchev–Trinajstić information content (AvgIpc) is 3.28. The highest BCUT2D eigenvalue weighted by molar-refractivity contribution is 7.09. The maximum absolute atomic E-state index is 15.5. The van der Waals surface area contributed by atoms with Gasteiger partial charge in [-0.3, -0.25) is 4.79 Å². The first-order chi connectivity index (χ1) is 15.8. The molecule has 2 amide bonds. The minimum absolute atomic E-state index is 0.190. The van der Waals surface area contributed by atoms with Gasteiger partial charge in [0.2, 0.25) is 5.91 Å². The van der Waals surface area contributed by atoms with Crippen molar-refractivity contribution in [3.63, 3.8) is 0 Å². The maximum Gasteiger partial charge on any atom is 0.417 e. The Hall–Kier alpha value is -2.36. The molecule has 2 aromatic rings. The quantitative estimate of drug-likeness (QED) is 0.395. The summed E-state index contributed by atoms with van der Waals surface area (Å²) in [6.07, 6.45) is -1.41. The van der Waals surface area contributed by atoms with Gasteiger partial charge < -0.3 is 9.16 Å². The van der Waals surface area contributed by atoms with Crippen molar-refractivity contribution in [2.75, 3.05) is 0 Å². The van der Waals surface area contributed by atoms with Crippen LogP contribution in [0.3, 0.4) is 0 Å². The molecule has 9 heteroatoms. The molecule has 0 bridgehead atoms. The van der Waals surface area contributed by atoms with Crippen molar-refractivity contribution in [3.05, 3.63) is 57.8 Å². The van der Waals surface area contributed by atoms with Crippen LogP contribution in [0.4, 0.5) is 9.18 Å². The Balaban J connectivity index is 1.85. The predicted molar refractivity (Wildman–Crippen MR) is 135 cm³/mol. The Bertz CT molecular complexity index is 1060. The summed E-state index contributed by atoms with van der Waals surface area (Å²) in [5.74, 6) is -1.11. The van der Waals surface area contributed by atoms with Crippen LogP contribution in [0, 0.1) is 6.92 Å². The fourth-order valence-electron chi connectivity index (χ4n) is 3.55. The molecule has 1 saturated heterocycles. The first-order valence-electron chi connectivity index (χ1n) is 11.3. The predicted octanol–water partition coefficient (Wildman–Crippen LogP) is 6.65. The standard InChI is InChI=1S/C25H33FN2O4SSi/c1-16-23(18-11-9-8-10-12-18)31-24(30)28(16)22(29)14-21(32-34(6,7)25(3,4)5)20(26)13-19-15-33-17(2)27-19/h8-13,15-16,21,23H,14H2,1-7H3/b20-13-. The number of benzene rings is 1. The molecule has 1 aromatic carbocycles. The van der Waals surface area contributed by atoms with Crippen LogP contribution in [-0.2, 0) is 14.0 Å². The van der Waals surface area contributed by atoms with Crippen LogP contribution in [0.5, 0.6) is 0 Å². The zero-order chi connectivity index (χ0) is 25.3. The van der Waals surface area contributed by atoms with E-state index < -0.39 is 44.4 Å². The van der Waals surface area contributed by atoms with Gasteiger partial charge >= 0.3 is 6.09 Å². The molecule has 1 fully saturated rings. The highest BCUT2D eigenvalue weighted by Gasteiger charge is 2.45. The lowest BCUT2D eigenvalue weighted by Gasteiger charge is -2.39. The second-order valence-corrected chi connectivity index (χ2v) is 15.9. The first-order valence-corrected chi connectivity index (χ1v) is 15.1. The number of halogens is 1. The van der Waals surface area contributed by atoms with Gasteiger partial charge in [0.15, 0.2) is 8.32 Å². The lowest BCUT2D eigenvalue weighted by molar-refractivity contribution is -0.130. The number of carbonyl (C=O) groups excluding carboxylic acids is 2. The first kappa shape index (κ1) is 26.2. The third-order valence-electron chi connectivity index (χ3n) is 6.50. The van der Waals surface area contributed by atoms with E-state index in [-0.39, 0.29) is 11.5 Å². The molecule has 1 aliphatic heterocycles. The number of carbonyl (C=O) groups is 2. The highest BCUT2D eigenvalue weighted by atomic mass is 32.1. The van der Waals surface area contributed by atoms with Crippen molar-refractivity contribution in [2.24, 2.45) is 0 Å². The minimum Gasteiger partial charge on any atom is -0.439 e. The highest BCUT2D eigenvalue weighted by Crippen LogP contribution is 2.39. The zero-order valence-electron chi connectivity index (χ0n) is 20.8. The van der Waals surface area contributed by atoms with Crippen molar-refractivity contribution >= 4 is 37.7 Å². The number of rotatable bonds is 7. The Morgan fingerprint density at radius 2 is 1.97 bits per heavy atom. The van der Waals surface area contributed by atoms with Gasteiger partial charge in [0.25, 0.3) is 0 Å². The van der Waals surface area contributed by atoms with E-state index >= 15 is 4.39 Å². The lowest BCUT2D eigenvalue weighted by atomic mass is 10.0. The molecule has 3 rings (SSSR count). The molecule has 0 spiro atoms. The van der Waals surface area contributed by atoms with Gasteiger partial charge in [0.05, 0.1) is 23.2 Å². The molecular weight excluding hydrogens is 471 g/mol. The van der Waals surface area contributed by atoms with Crippen molar-refractivity contribution < 1.29 is 23.1 Å². The van der Waals surface area contributed by atoms with E-state index in [1.54, 1.807) is 12.3 Å². The van der Waals surface area contributed by atoms with E-state index in [1.165, 1.54) is 17.4 Å². The molecule has 2 heterocycles. The largest absolute Gasteiger partial charge is 0.439 e. The van der Waals surface area contributed by atoms with E-state index in [1.807, 2.05) is 71.1 Å². The Morgan fingerprint density at radius 1 is 1.32 bits per heavy atom. The average molecular weight is 505 g/mol. The summed E-state index contributed by atoms with van der Waals surface area (Å²) in [5, 5.41) is 2.38. The Morgan fingerprint density at radius 3 is 2.53 bits per heavy atom.